The van der Waals surface area contributed by atoms with E-state index in [1.807, 2.05) is 0 Å². The van der Waals surface area contributed by atoms with E-state index < -0.39 is 10.0 Å². The van der Waals surface area contributed by atoms with Crippen molar-refractivity contribution >= 4 is 72.5 Å². The van der Waals surface area contributed by atoms with E-state index in [1.54, 1.807) is 54.2 Å². The summed E-state index contributed by atoms with van der Waals surface area (Å²) in [6, 6.07) is 12.2. The maximum atomic E-state index is 12.2. The van der Waals surface area contributed by atoms with Crippen LogP contribution in [0.1, 0.15) is 5.56 Å². The second-order valence-electron chi connectivity index (χ2n) is 5.82. The fourth-order valence-electron chi connectivity index (χ4n) is 2.33. The SMILES string of the molecule is CS(=O)(=O)N(CC(=O)NCCSCc1c(Cl)cccc1Cl)c1ccccc1Br. The smallest absolute Gasteiger partial charge is 0.240 e. The lowest BCUT2D eigenvalue weighted by molar-refractivity contribution is -0.119. The molecule has 0 aliphatic carbocycles. The Hall–Kier alpha value is -0.930. The maximum absolute atomic E-state index is 12.2. The predicted molar refractivity (Wildman–Crippen MR) is 122 cm³/mol. The number of carbonyl (C=O) groups is 1. The lowest BCUT2D eigenvalue weighted by atomic mass is 10.2. The van der Waals surface area contributed by atoms with Crippen LogP contribution in [0.3, 0.4) is 0 Å². The molecule has 10 heteroatoms. The number of nitrogens with zero attached hydrogens (tertiary/aromatic N) is 1. The molecule has 0 saturated carbocycles. The minimum absolute atomic E-state index is 0.289. The van der Waals surface area contributed by atoms with Gasteiger partial charge < -0.3 is 5.32 Å². The van der Waals surface area contributed by atoms with Crippen LogP contribution < -0.4 is 9.62 Å². The van der Waals surface area contributed by atoms with Crippen LogP contribution in [0.4, 0.5) is 5.69 Å². The summed E-state index contributed by atoms with van der Waals surface area (Å²) < 4.78 is 25.9. The quantitative estimate of drug-likeness (QED) is 0.487. The Morgan fingerprint density at radius 3 is 2.39 bits per heavy atom. The van der Waals surface area contributed by atoms with E-state index in [0.29, 0.717) is 38.3 Å². The molecule has 0 spiro atoms. The molecular weight excluding hydrogens is 507 g/mol. The van der Waals surface area contributed by atoms with Gasteiger partial charge in [-0.25, -0.2) is 8.42 Å². The largest absolute Gasteiger partial charge is 0.354 e. The van der Waals surface area contributed by atoms with Gasteiger partial charge in [-0.05, 0) is 45.8 Å². The predicted octanol–water partition coefficient (Wildman–Crippen LogP) is 4.57. The number of carbonyl (C=O) groups excluding carboxylic acids is 1. The van der Waals surface area contributed by atoms with Crippen LogP contribution >= 0.6 is 50.9 Å². The number of sulfonamides is 1. The molecule has 2 aromatic carbocycles. The molecule has 0 heterocycles. The third kappa shape index (κ3) is 6.84. The summed E-state index contributed by atoms with van der Waals surface area (Å²) in [6.45, 7) is 0.113. The molecule has 1 amide bonds. The average molecular weight is 526 g/mol. The number of halogens is 3. The van der Waals surface area contributed by atoms with Gasteiger partial charge in [0.25, 0.3) is 0 Å². The highest BCUT2D eigenvalue weighted by Gasteiger charge is 2.22. The molecule has 2 aromatic rings. The average Bonchev–Trinajstić information content (AvgIpc) is 2.61. The van der Waals surface area contributed by atoms with Crippen molar-refractivity contribution in [2.45, 2.75) is 5.75 Å². The monoisotopic (exact) mass is 524 g/mol. The Kier molecular flexibility index (Phi) is 8.95. The Balaban J connectivity index is 1.86. The Labute approximate surface area is 188 Å². The lowest BCUT2D eigenvalue weighted by Crippen LogP contribution is -2.41. The molecule has 0 aliphatic rings. The minimum Gasteiger partial charge on any atom is -0.354 e. The molecule has 0 unspecified atom stereocenters. The minimum atomic E-state index is -3.61. The van der Waals surface area contributed by atoms with Crippen molar-refractivity contribution in [3.8, 4) is 0 Å². The zero-order chi connectivity index (χ0) is 20.7. The fourth-order valence-corrected chi connectivity index (χ4v) is 5.41. The van der Waals surface area contributed by atoms with Gasteiger partial charge in [-0.1, -0.05) is 41.4 Å². The summed E-state index contributed by atoms with van der Waals surface area (Å²) in [7, 11) is -3.61. The summed E-state index contributed by atoms with van der Waals surface area (Å²) in [5.41, 5.74) is 1.28. The van der Waals surface area contributed by atoms with Gasteiger partial charge in [0.15, 0.2) is 0 Å². The number of hydrogen-bond acceptors (Lipinski definition) is 4. The topological polar surface area (TPSA) is 66.5 Å². The molecule has 0 radical (unpaired) electrons. The first-order valence-electron chi connectivity index (χ1n) is 8.19. The van der Waals surface area contributed by atoms with Crippen molar-refractivity contribution in [3.63, 3.8) is 0 Å². The van der Waals surface area contributed by atoms with Crippen molar-refractivity contribution in [1.29, 1.82) is 0 Å². The zero-order valence-corrected chi connectivity index (χ0v) is 19.7. The zero-order valence-electron chi connectivity index (χ0n) is 15.0. The van der Waals surface area contributed by atoms with Crippen molar-refractivity contribution in [1.82, 2.24) is 5.32 Å². The second-order valence-corrected chi connectivity index (χ2v) is 10.5. The summed E-state index contributed by atoms with van der Waals surface area (Å²) in [5, 5.41) is 3.97. The van der Waals surface area contributed by atoms with Crippen LogP contribution in [0.2, 0.25) is 10.0 Å². The van der Waals surface area contributed by atoms with Gasteiger partial charge in [-0.2, -0.15) is 11.8 Å². The van der Waals surface area contributed by atoms with E-state index >= 15 is 0 Å². The second kappa shape index (κ2) is 10.7. The standard InChI is InChI=1S/C18H19BrCl2N2O3S2/c1-28(25,26)23(17-8-3-2-5-14(17)19)11-18(24)22-9-10-27-12-13-15(20)6-4-7-16(13)21/h2-8H,9-12H2,1H3,(H,22,24). The first-order chi connectivity index (χ1) is 13.2. The normalized spacial score (nSPS) is 11.3. The van der Waals surface area contributed by atoms with Gasteiger partial charge in [0.1, 0.15) is 6.54 Å². The van der Waals surface area contributed by atoms with Gasteiger partial charge in [0.2, 0.25) is 15.9 Å². The van der Waals surface area contributed by atoms with Crippen molar-refractivity contribution in [2.24, 2.45) is 0 Å². The molecule has 28 heavy (non-hydrogen) atoms. The molecule has 152 valence electrons. The molecule has 0 aromatic heterocycles. The van der Waals surface area contributed by atoms with Gasteiger partial charge in [-0.3, -0.25) is 9.10 Å². The maximum Gasteiger partial charge on any atom is 0.240 e. The highest BCUT2D eigenvalue weighted by Crippen LogP contribution is 2.28. The molecule has 5 nitrogen and oxygen atoms in total. The van der Waals surface area contributed by atoms with Gasteiger partial charge in [0, 0.05) is 32.6 Å². The molecule has 2 rings (SSSR count). The first kappa shape index (κ1) is 23.3. The van der Waals surface area contributed by atoms with Gasteiger partial charge >= 0.3 is 0 Å². The third-order valence-electron chi connectivity index (χ3n) is 3.69. The van der Waals surface area contributed by atoms with Crippen molar-refractivity contribution in [2.75, 3.05) is 29.4 Å². The summed E-state index contributed by atoms with van der Waals surface area (Å²) in [6.07, 6.45) is 1.07. The van der Waals surface area contributed by atoms with Gasteiger partial charge in [0.05, 0.1) is 11.9 Å². The van der Waals surface area contributed by atoms with Crippen LogP contribution in [0, 0.1) is 0 Å². The lowest BCUT2D eigenvalue weighted by Gasteiger charge is -2.23. The van der Waals surface area contributed by atoms with E-state index in [0.717, 1.165) is 16.1 Å². The number of hydrogen-bond donors (Lipinski definition) is 1. The molecule has 0 aliphatic heterocycles. The van der Waals surface area contributed by atoms with Crippen LogP contribution in [0.5, 0.6) is 0 Å². The summed E-state index contributed by atoms with van der Waals surface area (Å²) >= 11 is 17.2. The Morgan fingerprint density at radius 1 is 1.14 bits per heavy atom. The molecule has 0 saturated heterocycles. The van der Waals surface area contributed by atoms with E-state index in [9.17, 15) is 13.2 Å². The van der Waals surface area contributed by atoms with Crippen molar-refractivity contribution < 1.29 is 13.2 Å². The van der Waals surface area contributed by atoms with Crippen LogP contribution in [-0.4, -0.2) is 39.4 Å². The number of para-hydroxylation sites is 1. The molecule has 0 fully saturated rings. The van der Waals surface area contributed by atoms with Crippen LogP contribution in [0.25, 0.3) is 0 Å². The number of rotatable bonds is 9. The summed E-state index contributed by atoms with van der Waals surface area (Å²) in [4.78, 5) is 12.2. The van der Waals surface area contributed by atoms with Crippen LogP contribution in [-0.2, 0) is 20.6 Å². The molecule has 0 bridgehead atoms. The van der Waals surface area contributed by atoms with Crippen LogP contribution in [0.15, 0.2) is 46.9 Å². The van der Waals surface area contributed by atoms with E-state index in [1.165, 1.54) is 0 Å². The first-order valence-corrected chi connectivity index (χ1v) is 12.7. The van der Waals surface area contributed by atoms with E-state index in [-0.39, 0.29) is 12.5 Å². The number of amides is 1. The Bertz CT molecular complexity index is 922. The summed E-state index contributed by atoms with van der Waals surface area (Å²) in [5.74, 6) is 0.889. The van der Waals surface area contributed by atoms with Crippen molar-refractivity contribution in [3.05, 3.63) is 62.5 Å². The Morgan fingerprint density at radius 2 is 1.79 bits per heavy atom. The highest BCUT2D eigenvalue weighted by molar-refractivity contribution is 9.10. The number of thioether (sulfide) groups is 1. The number of nitrogens with one attached hydrogen (secondary N) is 1. The molecular formula is C18H19BrCl2N2O3S2. The molecule has 0 atom stereocenters. The third-order valence-corrected chi connectivity index (χ3v) is 7.18. The highest BCUT2D eigenvalue weighted by atomic mass is 79.9. The van der Waals surface area contributed by atoms with E-state index in [2.05, 4.69) is 21.2 Å². The number of benzene rings is 2. The molecule has 1 N–H and O–H groups in total. The van der Waals surface area contributed by atoms with E-state index in [4.69, 9.17) is 23.2 Å². The number of anilines is 1. The fraction of sp³-hybridized carbons (Fsp3) is 0.278. The van der Waals surface area contributed by atoms with Gasteiger partial charge in [-0.15, -0.1) is 0 Å².